The third-order valence-corrected chi connectivity index (χ3v) is 3.68. The smallest absolute Gasteiger partial charge is 0.394 e. The molecule has 0 aliphatic rings. The molecule has 1 heterocycles. The molecule has 0 aliphatic carbocycles. The van der Waals surface area contributed by atoms with Crippen LogP contribution < -0.4 is 5.32 Å². The Morgan fingerprint density at radius 1 is 1.27 bits per heavy atom. The molecular weight excluding hydrogens is 343 g/mol. The highest BCUT2D eigenvalue weighted by Crippen LogP contribution is 2.30. The van der Waals surface area contributed by atoms with Gasteiger partial charge in [-0.15, -0.1) is 0 Å². The van der Waals surface area contributed by atoms with Crippen LogP contribution in [0.25, 0.3) is 0 Å². The maximum absolute atomic E-state index is 12.4. The summed E-state index contributed by atoms with van der Waals surface area (Å²) >= 11 is 6.23. The van der Waals surface area contributed by atoms with Crippen molar-refractivity contribution in [2.45, 2.75) is 18.3 Å². The van der Waals surface area contributed by atoms with Crippen LogP contribution in [0.1, 0.15) is 17.5 Å². The van der Waals surface area contributed by atoms with Crippen LogP contribution in [0.4, 0.5) is 18.3 Å². The molecule has 22 heavy (non-hydrogen) atoms. The Morgan fingerprint density at radius 3 is 2.41 bits per heavy atom. The lowest BCUT2D eigenvalue weighted by molar-refractivity contribution is -0.144. The summed E-state index contributed by atoms with van der Waals surface area (Å²) in [7, 11) is 0. The van der Waals surface area contributed by atoms with Gasteiger partial charge in [-0.25, -0.2) is 0 Å². The average Bonchev–Trinajstić information content (AvgIpc) is 2.93. The Kier molecular flexibility index (Phi) is 5.22. The highest BCUT2D eigenvalue weighted by Gasteiger charge is 2.36. The lowest BCUT2D eigenvalue weighted by atomic mass is 10.0. The highest BCUT2D eigenvalue weighted by molar-refractivity contribution is 7.09. The van der Waals surface area contributed by atoms with Gasteiger partial charge in [0.15, 0.2) is 0 Å². The number of aliphatic hydroxyl groups is 2. The third kappa shape index (κ3) is 4.07. The average molecular weight is 354 g/mol. The zero-order valence-electron chi connectivity index (χ0n) is 10.9. The van der Waals surface area contributed by atoms with Crippen molar-refractivity contribution in [3.63, 3.8) is 0 Å². The lowest BCUT2D eigenvalue weighted by Crippen LogP contribution is -2.31. The van der Waals surface area contributed by atoms with Crippen LogP contribution in [0.15, 0.2) is 24.3 Å². The van der Waals surface area contributed by atoms with Gasteiger partial charge in [0.05, 0.1) is 12.6 Å². The molecule has 120 valence electrons. The Hall–Kier alpha value is -1.42. The number of aromatic nitrogens is 2. The third-order valence-electron chi connectivity index (χ3n) is 2.78. The van der Waals surface area contributed by atoms with Crippen LogP contribution in [0.3, 0.4) is 0 Å². The van der Waals surface area contributed by atoms with Gasteiger partial charge in [0.1, 0.15) is 6.10 Å². The number of anilines is 1. The molecule has 2 atom stereocenters. The molecule has 0 fully saturated rings. The monoisotopic (exact) mass is 353 g/mol. The summed E-state index contributed by atoms with van der Waals surface area (Å²) in [6.07, 6.45) is -5.79. The SMILES string of the molecule is OCC(Nc1nc(C(F)(F)F)ns1)C(O)c1ccc(Cl)cc1. The molecule has 2 aromatic rings. The molecule has 2 unspecified atom stereocenters. The first-order valence-corrected chi connectivity index (χ1v) is 7.18. The molecule has 2 rings (SSSR count). The summed E-state index contributed by atoms with van der Waals surface area (Å²) in [5, 5.41) is 22.4. The quantitative estimate of drug-likeness (QED) is 0.770. The van der Waals surface area contributed by atoms with Crippen molar-refractivity contribution in [1.29, 1.82) is 0 Å². The second kappa shape index (κ2) is 6.78. The van der Waals surface area contributed by atoms with Gasteiger partial charge in [0.2, 0.25) is 11.0 Å². The van der Waals surface area contributed by atoms with Gasteiger partial charge in [-0.05, 0) is 17.7 Å². The molecule has 1 aromatic carbocycles. The van der Waals surface area contributed by atoms with E-state index in [1.54, 1.807) is 24.3 Å². The molecule has 0 spiro atoms. The fraction of sp³-hybridized carbons (Fsp3) is 0.333. The van der Waals surface area contributed by atoms with Gasteiger partial charge in [-0.1, -0.05) is 23.7 Å². The van der Waals surface area contributed by atoms with E-state index in [4.69, 9.17) is 11.6 Å². The normalized spacial score (nSPS) is 14.6. The van der Waals surface area contributed by atoms with Crippen LogP contribution in [0.2, 0.25) is 5.02 Å². The highest BCUT2D eigenvalue weighted by atomic mass is 35.5. The number of hydrogen-bond donors (Lipinski definition) is 3. The maximum Gasteiger partial charge on any atom is 0.452 e. The van der Waals surface area contributed by atoms with E-state index in [-0.39, 0.29) is 5.13 Å². The van der Waals surface area contributed by atoms with E-state index in [1.807, 2.05) is 0 Å². The van der Waals surface area contributed by atoms with Gasteiger partial charge in [-0.3, -0.25) is 0 Å². The van der Waals surface area contributed by atoms with Gasteiger partial charge in [0, 0.05) is 16.6 Å². The number of hydrogen-bond acceptors (Lipinski definition) is 6. The van der Waals surface area contributed by atoms with E-state index >= 15 is 0 Å². The molecule has 0 saturated heterocycles. The summed E-state index contributed by atoms with van der Waals surface area (Å²) in [6.45, 7) is -0.509. The van der Waals surface area contributed by atoms with E-state index < -0.39 is 30.8 Å². The Labute approximate surface area is 132 Å². The second-order valence-electron chi connectivity index (χ2n) is 4.35. The van der Waals surface area contributed by atoms with Crippen LogP contribution in [-0.4, -0.2) is 32.2 Å². The molecule has 0 saturated carbocycles. The number of benzene rings is 1. The standard InChI is InChI=1S/C12H11ClF3N3O2S/c13-7-3-1-6(2-4-7)9(21)8(5-20)17-11-18-10(19-22-11)12(14,15)16/h1-4,8-9,20-21H,5H2,(H,17,18,19). The molecular formula is C12H11ClF3N3O2S. The van der Waals surface area contributed by atoms with E-state index in [0.717, 1.165) is 0 Å². The number of alkyl halides is 3. The predicted molar refractivity (Wildman–Crippen MR) is 75.8 cm³/mol. The predicted octanol–water partition coefficient (Wildman–Crippen LogP) is 2.72. The van der Waals surface area contributed by atoms with E-state index in [9.17, 15) is 23.4 Å². The van der Waals surface area contributed by atoms with Gasteiger partial charge in [-0.2, -0.15) is 22.5 Å². The van der Waals surface area contributed by atoms with Crippen LogP contribution >= 0.6 is 23.1 Å². The number of nitrogens with zero attached hydrogens (tertiary/aromatic N) is 2. The van der Waals surface area contributed by atoms with Crippen LogP contribution in [-0.2, 0) is 6.18 Å². The van der Waals surface area contributed by atoms with Crippen LogP contribution in [0.5, 0.6) is 0 Å². The topological polar surface area (TPSA) is 78.3 Å². The van der Waals surface area contributed by atoms with Crippen molar-refractivity contribution in [2.75, 3.05) is 11.9 Å². The maximum atomic E-state index is 12.4. The van der Waals surface area contributed by atoms with Crippen molar-refractivity contribution >= 4 is 28.3 Å². The molecule has 5 nitrogen and oxygen atoms in total. The first kappa shape index (κ1) is 16.9. The summed E-state index contributed by atoms with van der Waals surface area (Å²) in [6, 6.07) is 5.29. The minimum absolute atomic E-state index is 0.139. The number of rotatable bonds is 5. The van der Waals surface area contributed by atoms with Gasteiger partial charge >= 0.3 is 6.18 Å². The summed E-state index contributed by atoms with van der Waals surface area (Å²) < 4.78 is 40.5. The minimum Gasteiger partial charge on any atom is -0.394 e. The summed E-state index contributed by atoms with van der Waals surface area (Å²) in [5.74, 6) is -1.27. The molecule has 0 amide bonds. The van der Waals surface area contributed by atoms with Crippen molar-refractivity contribution in [2.24, 2.45) is 0 Å². The molecule has 3 N–H and O–H groups in total. The largest absolute Gasteiger partial charge is 0.452 e. The fourth-order valence-corrected chi connectivity index (χ4v) is 2.45. The van der Waals surface area contributed by atoms with Crippen molar-refractivity contribution in [1.82, 2.24) is 9.36 Å². The van der Waals surface area contributed by atoms with E-state index in [2.05, 4.69) is 14.7 Å². The van der Waals surface area contributed by atoms with Crippen molar-refractivity contribution < 1.29 is 23.4 Å². The van der Waals surface area contributed by atoms with Crippen LogP contribution in [0, 0.1) is 0 Å². The Balaban J connectivity index is 2.11. The molecule has 0 radical (unpaired) electrons. The summed E-state index contributed by atoms with van der Waals surface area (Å²) in [5.41, 5.74) is 0.455. The van der Waals surface area contributed by atoms with E-state index in [1.165, 1.54) is 0 Å². The van der Waals surface area contributed by atoms with Gasteiger partial charge in [0.25, 0.3) is 0 Å². The minimum atomic E-state index is -4.64. The number of nitrogens with one attached hydrogen (secondary N) is 1. The zero-order chi connectivity index (χ0) is 16.3. The molecule has 10 heteroatoms. The zero-order valence-corrected chi connectivity index (χ0v) is 12.5. The second-order valence-corrected chi connectivity index (χ2v) is 5.54. The first-order chi connectivity index (χ1) is 10.3. The molecule has 1 aromatic heterocycles. The Bertz CT molecular complexity index is 621. The summed E-state index contributed by atoms with van der Waals surface area (Å²) in [4.78, 5) is 3.29. The van der Waals surface area contributed by atoms with Crippen molar-refractivity contribution in [3.05, 3.63) is 40.7 Å². The number of halogens is 4. The van der Waals surface area contributed by atoms with Gasteiger partial charge < -0.3 is 15.5 Å². The first-order valence-electron chi connectivity index (χ1n) is 6.03. The number of aliphatic hydroxyl groups excluding tert-OH is 2. The Morgan fingerprint density at radius 2 is 1.91 bits per heavy atom. The van der Waals surface area contributed by atoms with E-state index in [0.29, 0.717) is 22.1 Å². The lowest BCUT2D eigenvalue weighted by Gasteiger charge is -2.22. The van der Waals surface area contributed by atoms with Crippen molar-refractivity contribution in [3.8, 4) is 0 Å². The molecule has 0 aliphatic heterocycles. The fourth-order valence-electron chi connectivity index (χ4n) is 1.67. The molecule has 0 bridgehead atoms.